The number of alkyl halides is 2. The molecule has 0 fully saturated rings. The molecule has 5 heteroatoms. The number of aromatic hydroxyl groups is 2. The quantitative estimate of drug-likeness (QED) is 0.768. The van der Waals surface area contributed by atoms with Gasteiger partial charge in [0.1, 0.15) is 16.4 Å². The lowest BCUT2D eigenvalue weighted by molar-refractivity contribution is 0.152. The molecule has 14 heavy (non-hydrogen) atoms. The zero-order valence-electron chi connectivity index (χ0n) is 6.87. The maximum atomic E-state index is 12.4. The first-order valence-electron chi connectivity index (χ1n) is 3.82. The molecule has 2 nitrogen and oxygen atoms in total. The van der Waals surface area contributed by atoms with Gasteiger partial charge in [0.2, 0.25) is 0 Å². The van der Waals surface area contributed by atoms with Gasteiger partial charge in [0.25, 0.3) is 6.43 Å². The van der Waals surface area contributed by atoms with Crippen molar-refractivity contribution in [1.82, 2.24) is 0 Å². The summed E-state index contributed by atoms with van der Waals surface area (Å²) in [5, 5.41) is 18.9. The van der Waals surface area contributed by atoms with Crippen LogP contribution in [0.3, 0.4) is 0 Å². The number of phenolic OH excluding ortho intramolecular Hbond substituents is 1. The molecule has 1 aromatic heterocycles. The molecule has 0 aliphatic carbocycles. The lowest BCUT2D eigenvalue weighted by Gasteiger charge is -1.94. The molecule has 74 valence electrons. The van der Waals surface area contributed by atoms with E-state index in [2.05, 4.69) is 0 Å². The van der Waals surface area contributed by atoms with Gasteiger partial charge in [-0.3, -0.25) is 0 Å². The second kappa shape index (κ2) is 3.09. The van der Waals surface area contributed by atoms with Crippen LogP contribution < -0.4 is 0 Å². The van der Waals surface area contributed by atoms with Gasteiger partial charge in [-0.05, 0) is 18.2 Å². The Kier molecular flexibility index (Phi) is 2.03. The van der Waals surface area contributed by atoms with E-state index in [1.165, 1.54) is 18.2 Å². The zero-order valence-corrected chi connectivity index (χ0v) is 7.68. The van der Waals surface area contributed by atoms with Crippen molar-refractivity contribution < 1.29 is 19.0 Å². The van der Waals surface area contributed by atoms with Crippen molar-refractivity contribution in [2.75, 3.05) is 0 Å². The number of hydrogen-bond donors (Lipinski definition) is 2. The van der Waals surface area contributed by atoms with Crippen LogP contribution in [0.2, 0.25) is 0 Å². The Balaban J connectivity index is 2.73. The Hall–Kier alpha value is -1.36. The van der Waals surface area contributed by atoms with Crippen molar-refractivity contribution in [2.24, 2.45) is 0 Å². The molecule has 2 aromatic rings. The smallest absolute Gasteiger partial charge is 0.276 e. The van der Waals surface area contributed by atoms with E-state index < -0.39 is 6.43 Å². The summed E-state index contributed by atoms with van der Waals surface area (Å²) in [4.78, 5) is -0.356. The van der Waals surface area contributed by atoms with Gasteiger partial charge in [-0.25, -0.2) is 8.78 Å². The largest absolute Gasteiger partial charge is 0.508 e. The van der Waals surface area contributed by atoms with Gasteiger partial charge in [-0.2, -0.15) is 0 Å². The third-order valence-corrected chi connectivity index (χ3v) is 3.02. The standard InChI is InChI=1S/C9H6F2O2S/c10-9(11)8-7(13)5-2-1-4(12)3-6(5)14-8/h1-3,9,12-13H. The second-order valence-electron chi connectivity index (χ2n) is 2.80. The Bertz CT molecular complexity index is 479. The van der Waals surface area contributed by atoms with Gasteiger partial charge in [0.15, 0.2) is 0 Å². The predicted molar refractivity (Wildman–Crippen MR) is 50.1 cm³/mol. The molecule has 0 aliphatic rings. The molecule has 0 saturated heterocycles. The van der Waals surface area contributed by atoms with E-state index in [-0.39, 0.29) is 16.4 Å². The number of thiophene rings is 1. The molecule has 2 rings (SSSR count). The van der Waals surface area contributed by atoms with E-state index in [0.29, 0.717) is 10.1 Å². The molecule has 2 N–H and O–H groups in total. The maximum absolute atomic E-state index is 12.4. The number of halogens is 2. The van der Waals surface area contributed by atoms with Crippen LogP contribution in [-0.2, 0) is 0 Å². The molecule has 0 atom stereocenters. The second-order valence-corrected chi connectivity index (χ2v) is 3.88. The van der Waals surface area contributed by atoms with Crippen molar-refractivity contribution >= 4 is 21.4 Å². The normalized spacial score (nSPS) is 11.4. The fraction of sp³-hybridized carbons (Fsp3) is 0.111. The predicted octanol–water partition coefficient (Wildman–Crippen LogP) is 3.25. The maximum Gasteiger partial charge on any atom is 0.276 e. The van der Waals surface area contributed by atoms with Crippen LogP contribution in [-0.4, -0.2) is 10.2 Å². The first-order valence-corrected chi connectivity index (χ1v) is 4.64. The summed E-state index contributed by atoms with van der Waals surface area (Å²) in [6.45, 7) is 0. The van der Waals surface area contributed by atoms with Crippen LogP contribution in [0, 0.1) is 0 Å². The van der Waals surface area contributed by atoms with Crippen LogP contribution in [0.5, 0.6) is 11.5 Å². The molecule has 0 bridgehead atoms. The van der Waals surface area contributed by atoms with E-state index >= 15 is 0 Å². The SMILES string of the molecule is Oc1ccc2c(O)c(C(F)F)sc2c1. The summed E-state index contributed by atoms with van der Waals surface area (Å²) in [6, 6.07) is 4.12. The van der Waals surface area contributed by atoms with E-state index in [4.69, 9.17) is 5.11 Å². The molecular weight excluding hydrogens is 210 g/mol. The highest BCUT2D eigenvalue weighted by atomic mass is 32.1. The Labute approximate surface area is 82.0 Å². The Morgan fingerprint density at radius 3 is 2.57 bits per heavy atom. The molecule has 1 aromatic carbocycles. The first kappa shape index (κ1) is 9.21. The third kappa shape index (κ3) is 1.29. The fourth-order valence-electron chi connectivity index (χ4n) is 1.24. The highest BCUT2D eigenvalue weighted by molar-refractivity contribution is 7.19. The third-order valence-electron chi connectivity index (χ3n) is 1.87. The summed E-state index contributed by atoms with van der Waals surface area (Å²) in [5.74, 6) is -0.389. The van der Waals surface area contributed by atoms with Crippen molar-refractivity contribution in [3.05, 3.63) is 23.1 Å². The summed E-state index contributed by atoms with van der Waals surface area (Å²) >= 11 is 0.786. The minimum absolute atomic E-state index is 0.000402. The highest BCUT2D eigenvalue weighted by Crippen LogP contribution is 2.43. The number of benzene rings is 1. The van der Waals surface area contributed by atoms with E-state index in [9.17, 15) is 13.9 Å². The van der Waals surface area contributed by atoms with Gasteiger partial charge < -0.3 is 10.2 Å². The van der Waals surface area contributed by atoms with Crippen LogP contribution in [0.15, 0.2) is 18.2 Å². The van der Waals surface area contributed by atoms with Gasteiger partial charge in [-0.15, -0.1) is 11.3 Å². The molecule has 0 saturated carbocycles. The fourth-order valence-corrected chi connectivity index (χ4v) is 2.23. The summed E-state index contributed by atoms with van der Waals surface area (Å²) in [7, 11) is 0. The zero-order chi connectivity index (χ0) is 10.3. The van der Waals surface area contributed by atoms with Gasteiger partial charge in [0.05, 0.1) is 0 Å². The highest BCUT2D eigenvalue weighted by Gasteiger charge is 2.18. The van der Waals surface area contributed by atoms with E-state index in [1.807, 2.05) is 0 Å². The molecule has 0 radical (unpaired) electrons. The topological polar surface area (TPSA) is 40.5 Å². The number of hydrogen-bond acceptors (Lipinski definition) is 3. The van der Waals surface area contributed by atoms with Gasteiger partial charge in [0, 0.05) is 10.1 Å². The summed E-state index contributed by atoms with van der Waals surface area (Å²) < 4.78 is 25.2. The van der Waals surface area contributed by atoms with Crippen LogP contribution >= 0.6 is 11.3 Å². The monoisotopic (exact) mass is 216 g/mol. The lowest BCUT2D eigenvalue weighted by Crippen LogP contribution is -1.75. The molecule has 0 amide bonds. The van der Waals surface area contributed by atoms with Crippen LogP contribution in [0.1, 0.15) is 11.3 Å². The molecule has 0 unspecified atom stereocenters. The first-order chi connectivity index (χ1) is 6.59. The van der Waals surface area contributed by atoms with Gasteiger partial charge in [-0.1, -0.05) is 0 Å². The van der Waals surface area contributed by atoms with Crippen molar-refractivity contribution in [1.29, 1.82) is 0 Å². The van der Waals surface area contributed by atoms with Crippen LogP contribution in [0.4, 0.5) is 8.78 Å². The minimum atomic E-state index is -2.69. The van der Waals surface area contributed by atoms with Gasteiger partial charge >= 0.3 is 0 Å². The Morgan fingerprint density at radius 1 is 1.21 bits per heavy atom. The lowest BCUT2D eigenvalue weighted by atomic mass is 10.2. The Morgan fingerprint density at radius 2 is 1.93 bits per heavy atom. The van der Waals surface area contributed by atoms with E-state index in [0.717, 1.165) is 11.3 Å². The summed E-state index contributed by atoms with van der Waals surface area (Å²) in [6.07, 6.45) is -2.69. The molecular formula is C9H6F2O2S. The van der Waals surface area contributed by atoms with Crippen molar-refractivity contribution in [3.63, 3.8) is 0 Å². The van der Waals surface area contributed by atoms with Crippen molar-refractivity contribution in [3.8, 4) is 11.5 Å². The minimum Gasteiger partial charge on any atom is -0.508 e. The average molecular weight is 216 g/mol. The van der Waals surface area contributed by atoms with Crippen molar-refractivity contribution in [2.45, 2.75) is 6.43 Å². The average Bonchev–Trinajstić information content (AvgIpc) is 2.43. The van der Waals surface area contributed by atoms with E-state index in [1.54, 1.807) is 0 Å². The molecule has 1 heterocycles. The molecule has 0 aliphatic heterocycles. The van der Waals surface area contributed by atoms with Crippen LogP contribution in [0.25, 0.3) is 10.1 Å². The number of fused-ring (bicyclic) bond motifs is 1. The molecule has 0 spiro atoms. The number of rotatable bonds is 1. The summed E-state index contributed by atoms with van der Waals surface area (Å²) in [5.41, 5.74) is 0. The number of phenols is 1.